The Hall–Kier alpha value is -0.490. The molecule has 0 bridgehead atoms. The molecule has 0 aromatic heterocycles. The standard InChI is InChI=1S/C15H13Br2IN2O3S/c16-10-1-6-13(17)14(9-10)24(22,23)19-8-7-15(21)20-12-4-2-11(18)3-5-12/h1-6,9,19H,7-8H2,(H,20,21). The molecular formula is C15H13Br2IN2O3S. The first-order valence-corrected chi connectivity index (χ1v) is 10.9. The van der Waals surface area contributed by atoms with E-state index in [0.717, 1.165) is 3.57 Å². The Morgan fingerprint density at radius 1 is 1.08 bits per heavy atom. The third kappa shape index (κ3) is 5.80. The number of carbonyl (C=O) groups is 1. The molecule has 0 heterocycles. The molecule has 5 nitrogen and oxygen atoms in total. The van der Waals surface area contributed by atoms with Crippen molar-refractivity contribution in [3.05, 3.63) is 55.0 Å². The smallest absolute Gasteiger partial charge is 0.241 e. The van der Waals surface area contributed by atoms with E-state index in [2.05, 4.69) is 64.5 Å². The van der Waals surface area contributed by atoms with Gasteiger partial charge >= 0.3 is 0 Å². The van der Waals surface area contributed by atoms with Crippen LogP contribution in [0.1, 0.15) is 6.42 Å². The van der Waals surface area contributed by atoms with Gasteiger partial charge in [0.2, 0.25) is 15.9 Å². The van der Waals surface area contributed by atoms with E-state index in [4.69, 9.17) is 0 Å². The molecule has 0 aliphatic rings. The number of halogens is 3. The predicted octanol–water partition coefficient (Wildman–Crippen LogP) is 4.12. The second kappa shape index (κ2) is 8.75. The van der Waals surface area contributed by atoms with Gasteiger partial charge in [-0.15, -0.1) is 0 Å². The van der Waals surface area contributed by atoms with Gasteiger partial charge in [0.15, 0.2) is 0 Å². The first kappa shape index (κ1) is 19.8. The average molecular weight is 588 g/mol. The van der Waals surface area contributed by atoms with E-state index < -0.39 is 10.0 Å². The van der Waals surface area contributed by atoms with Crippen molar-refractivity contribution in [1.29, 1.82) is 0 Å². The Balaban J connectivity index is 1.91. The predicted molar refractivity (Wildman–Crippen MR) is 109 cm³/mol. The van der Waals surface area contributed by atoms with E-state index in [-0.39, 0.29) is 23.8 Å². The summed E-state index contributed by atoms with van der Waals surface area (Å²) < 4.78 is 29.2. The van der Waals surface area contributed by atoms with E-state index in [9.17, 15) is 13.2 Å². The number of amides is 1. The second-order valence-electron chi connectivity index (χ2n) is 4.78. The fraction of sp³-hybridized carbons (Fsp3) is 0.133. The summed E-state index contributed by atoms with van der Waals surface area (Å²) in [5.74, 6) is -0.257. The molecule has 2 aromatic carbocycles. The molecule has 128 valence electrons. The molecule has 2 rings (SSSR count). The Labute approximate surface area is 171 Å². The van der Waals surface area contributed by atoms with Crippen LogP contribution >= 0.6 is 54.5 Å². The molecule has 0 radical (unpaired) electrons. The van der Waals surface area contributed by atoms with E-state index in [1.165, 1.54) is 6.07 Å². The van der Waals surface area contributed by atoms with Crippen LogP contribution in [0.3, 0.4) is 0 Å². The number of hydrogen-bond donors (Lipinski definition) is 2. The van der Waals surface area contributed by atoms with Gasteiger partial charge in [0.05, 0.1) is 4.90 Å². The number of carbonyl (C=O) groups excluding carboxylic acids is 1. The zero-order valence-corrected chi connectivity index (χ0v) is 18.4. The number of rotatable bonds is 6. The monoisotopic (exact) mass is 586 g/mol. The van der Waals surface area contributed by atoms with Gasteiger partial charge in [0.1, 0.15) is 0 Å². The summed E-state index contributed by atoms with van der Waals surface area (Å²) >= 11 is 8.64. The molecule has 24 heavy (non-hydrogen) atoms. The van der Waals surface area contributed by atoms with Gasteiger partial charge in [-0.1, -0.05) is 15.9 Å². The summed E-state index contributed by atoms with van der Waals surface area (Å²) in [7, 11) is -3.70. The van der Waals surface area contributed by atoms with Crippen molar-refractivity contribution >= 4 is 76.1 Å². The van der Waals surface area contributed by atoms with E-state index in [0.29, 0.717) is 14.6 Å². The molecule has 0 atom stereocenters. The van der Waals surface area contributed by atoms with Crippen molar-refractivity contribution in [1.82, 2.24) is 4.72 Å². The summed E-state index contributed by atoms with van der Waals surface area (Å²) in [6, 6.07) is 12.2. The lowest BCUT2D eigenvalue weighted by Gasteiger charge is -2.09. The Morgan fingerprint density at radius 2 is 1.75 bits per heavy atom. The van der Waals surface area contributed by atoms with Crippen molar-refractivity contribution in [2.75, 3.05) is 11.9 Å². The number of hydrogen-bond acceptors (Lipinski definition) is 3. The third-order valence-corrected chi connectivity index (χ3v) is 6.62. The van der Waals surface area contributed by atoms with Crippen LogP contribution in [0, 0.1) is 3.57 Å². The summed E-state index contributed by atoms with van der Waals surface area (Å²) in [5, 5.41) is 2.72. The van der Waals surface area contributed by atoms with Crippen molar-refractivity contribution in [3.8, 4) is 0 Å². The third-order valence-electron chi connectivity index (χ3n) is 2.95. The highest BCUT2D eigenvalue weighted by molar-refractivity contribution is 14.1. The molecule has 2 N–H and O–H groups in total. The SMILES string of the molecule is O=C(CCNS(=O)(=O)c1cc(Br)ccc1Br)Nc1ccc(I)cc1. The van der Waals surface area contributed by atoms with Crippen LogP contribution in [-0.4, -0.2) is 20.9 Å². The highest BCUT2D eigenvalue weighted by Crippen LogP contribution is 2.25. The number of anilines is 1. The molecule has 1 amide bonds. The summed E-state index contributed by atoms with van der Waals surface area (Å²) in [6.07, 6.45) is 0.0385. The van der Waals surface area contributed by atoms with Crippen molar-refractivity contribution in [3.63, 3.8) is 0 Å². The minimum atomic E-state index is -3.70. The summed E-state index contributed by atoms with van der Waals surface area (Å²) in [5.41, 5.74) is 0.679. The second-order valence-corrected chi connectivity index (χ2v) is 9.53. The Bertz CT molecular complexity index is 842. The number of sulfonamides is 1. The van der Waals surface area contributed by atoms with Gasteiger partial charge in [-0.3, -0.25) is 4.79 Å². The van der Waals surface area contributed by atoms with Crippen LogP contribution in [0.25, 0.3) is 0 Å². The van der Waals surface area contributed by atoms with Crippen LogP contribution in [0.2, 0.25) is 0 Å². The van der Waals surface area contributed by atoms with Crippen LogP contribution in [-0.2, 0) is 14.8 Å². The van der Waals surface area contributed by atoms with E-state index in [1.54, 1.807) is 24.3 Å². The average Bonchev–Trinajstić information content (AvgIpc) is 2.51. The Kier molecular flexibility index (Phi) is 7.23. The lowest BCUT2D eigenvalue weighted by molar-refractivity contribution is -0.116. The lowest BCUT2D eigenvalue weighted by atomic mass is 10.3. The maximum absolute atomic E-state index is 12.3. The fourth-order valence-electron chi connectivity index (χ4n) is 1.82. The molecule has 9 heteroatoms. The molecule has 0 saturated heterocycles. The van der Waals surface area contributed by atoms with Crippen LogP contribution in [0.15, 0.2) is 56.3 Å². The highest BCUT2D eigenvalue weighted by Gasteiger charge is 2.18. The first-order chi connectivity index (χ1) is 11.3. The topological polar surface area (TPSA) is 75.3 Å². The number of nitrogens with one attached hydrogen (secondary N) is 2. The maximum atomic E-state index is 12.3. The lowest BCUT2D eigenvalue weighted by Crippen LogP contribution is -2.28. The van der Waals surface area contributed by atoms with Gasteiger partial charge in [-0.25, -0.2) is 13.1 Å². The molecule has 0 spiro atoms. The minimum Gasteiger partial charge on any atom is -0.326 e. The number of benzene rings is 2. The van der Waals surface area contributed by atoms with Gasteiger partial charge < -0.3 is 5.32 Å². The van der Waals surface area contributed by atoms with Crippen LogP contribution in [0.4, 0.5) is 5.69 Å². The molecule has 0 unspecified atom stereocenters. The normalized spacial score (nSPS) is 11.3. The molecule has 0 aliphatic carbocycles. The van der Waals surface area contributed by atoms with E-state index >= 15 is 0 Å². The molecule has 0 saturated carbocycles. The van der Waals surface area contributed by atoms with E-state index in [1.807, 2.05) is 12.1 Å². The fourth-order valence-corrected chi connectivity index (χ4v) is 4.71. The molecular weight excluding hydrogens is 575 g/mol. The first-order valence-electron chi connectivity index (χ1n) is 6.78. The molecule has 0 fully saturated rings. The van der Waals surface area contributed by atoms with Crippen molar-refractivity contribution < 1.29 is 13.2 Å². The largest absolute Gasteiger partial charge is 0.326 e. The quantitative estimate of drug-likeness (QED) is 0.499. The van der Waals surface area contributed by atoms with Gasteiger partial charge in [0.25, 0.3) is 0 Å². The summed E-state index contributed by atoms with van der Waals surface area (Å²) in [4.78, 5) is 12.0. The minimum absolute atomic E-state index is 0.0114. The Morgan fingerprint density at radius 3 is 2.42 bits per heavy atom. The molecule has 0 aliphatic heterocycles. The zero-order chi connectivity index (χ0) is 17.7. The highest BCUT2D eigenvalue weighted by atomic mass is 127. The van der Waals surface area contributed by atoms with Gasteiger partial charge in [-0.05, 0) is 81.0 Å². The van der Waals surface area contributed by atoms with Gasteiger partial charge in [-0.2, -0.15) is 0 Å². The maximum Gasteiger partial charge on any atom is 0.241 e. The summed E-state index contributed by atoms with van der Waals surface area (Å²) in [6.45, 7) is 0.0114. The van der Waals surface area contributed by atoms with Gasteiger partial charge in [0, 0.05) is 31.2 Å². The molecule has 2 aromatic rings. The van der Waals surface area contributed by atoms with Crippen LogP contribution < -0.4 is 10.0 Å². The van der Waals surface area contributed by atoms with Crippen molar-refractivity contribution in [2.24, 2.45) is 0 Å². The van der Waals surface area contributed by atoms with Crippen LogP contribution in [0.5, 0.6) is 0 Å². The zero-order valence-electron chi connectivity index (χ0n) is 12.2. The van der Waals surface area contributed by atoms with Crippen molar-refractivity contribution in [2.45, 2.75) is 11.3 Å².